The van der Waals surface area contributed by atoms with Crippen LogP contribution in [0.3, 0.4) is 0 Å². The van der Waals surface area contributed by atoms with Crippen molar-refractivity contribution in [3.05, 3.63) is 53.1 Å². The number of aromatic nitrogens is 1. The summed E-state index contributed by atoms with van der Waals surface area (Å²) in [7, 11) is 1.62. The number of hydrogen-bond acceptors (Lipinski definition) is 4. The third-order valence-electron chi connectivity index (χ3n) is 3.08. The minimum atomic E-state index is 0.653. The van der Waals surface area contributed by atoms with Crippen molar-refractivity contribution in [1.29, 1.82) is 0 Å². The highest BCUT2D eigenvalue weighted by Crippen LogP contribution is 2.33. The minimum absolute atomic E-state index is 0.653. The number of nitrogen functional groups attached to an aromatic ring is 1. The average molecular weight is 345 g/mol. The first-order valence-electron chi connectivity index (χ1n) is 6.33. The predicted octanol–water partition coefficient (Wildman–Crippen LogP) is 4.38. The van der Waals surface area contributed by atoms with Gasteiger partial charge in [-0.15, -0.1) is 0 Å². The Kier molecular flexibility index (Phi) is 3.66. The second kappa shape index (κ2) is 5.61. The summed E-state index contributed by atoms with van der Waals surface area (Å²) in [4.78, 5) is 4.40. The van der Waals surface area contributed by atoms with E-state index in [4.69, 9.17) is 15.2 Å². The van der Waals surface area contributed by atoms with Gasteiger partial charge in [-0.3, -0.25) is 4.98 Å². The molecule has 4 nitrogen and oxygen atoms in total. The van der Waals surface area contributed by atoms with E-state index in [2.05, 4.69) is 20.9 Å². The lowest BCUT2D eigenvalue weighted by atomic mass is 10.1. The summed E-state index contributed by atoms with van der Waals surface area (Å²) in [5.74, 6) is 2.08. The lowest BCUT2D eigenvalue weighted by molar-refractivity contribution is 0.409. The molecular formula is C16H13BrN2O2. The molecule has 0 aliphatic heterocycles. The van der Waals surface area contributed by atoms with Crippen LogP contribution in [0.1, 0.15) is 0 Å². The van der Waals surface area contributed by atoms with Crippen LogP contribution in [0.25, 0.3) is 10.9 Å². The van der Waals surface area contributed by atoms with Gasteiger partial charge in [0.25, 0.3) is 0 Å². The van der Waals surface area contributed by atoms with E-state index in [1.54, 1.807) is 13.3 Å². The molecule has 0 radical (unpaired) electrons. The number of hydrogen-bond donors (Lipinski definition) is 1. The van der Waals surface area contributed by atoms with Crippen LogP contribution in [0.2, 0.25) is 0 Å². The zero-order valence-electron chi connectivity index (χ0n) is 11.3. The summed E-state index contributed by atoms with van der Waals surface area (Å²) in [6, 6.07) is 13.0. The number of fused-ring (bicyclic) bond motifs is 1. The number of pyridine rings is 1. The summed E-state index contributed by atoms with van der Waals surface area (Å²) in [5.41, 5.74) is 7.38. The highest BCUT2D eigenvalue weighted by Gasteiger charge is 2.09. The number of anilines is 1. The van der Waals surface area contributed by atoms with E-state index < -0.39 is 0 Å². The first-order valence-corrected chi connectivity index (χ1v) is 7.12. The van der Waals surface area contributed by atoms with Crippen molar-refractivity contribution in [2.24, 2.45) is 0 Å². The van der Waals surface area contributed by atoms with Gasteiger partial charge in [-0.1, -0.05) is 6.07 Å². The van der Waals surface area contributed by atoms with E-state index in [0.717, 1.165) is 21.1 Å². The van der Waals surface area contributed by atoms with Gasteiger partial charge in [0, 0.05) is 27.8 Å². The van der Waals surface area contributed by atoms with Gasteiger partial charge in [-0.2, -0.15) is 0 Å². The van der Waals surface area contributed by atoms with Crippen molar-refractivity contribution < 1.29 is 9.47 Å². The van der Waals surface area contributed by atoms with Crippen LogP contribution >= 0.6 is 15.9 Å². The second-order valence-electron chi connectivity index (χ2n) is 4.48. The lowest BCUT2D eigenvalue weighted by Crippen LogP contribution is -1.93. The molecule has 2 aromatic carbocycles. The third-order valence-corrected chi connectivity index (χ3v) is 3.52. The first-order chi connectivity index (χ1) is 10.2. The van der Waals surface area contributed by atoms with Gasteiger partial charge in [-0.25, -0.2) is 0 Å². The highest BCUT2D eigenvalue weighted by molar-refractivity contribution is 9.10. The van der Waals surface area contributed by atoms with Gasteiger partial charge < -0.3 is 15.2 Å². The van der Waals surface area contributed by atoms with E-state index in [9.17, 15) is 0 Å². The average Bonchev–Trinajstić information content (AvgIpc) is 2.50. The van der Waals surface area contributed by atoms with Crippen LogP contribution < -0.4 is 15.2 Å². The first kappa shape index (κ1) is 13.7. The Morgan fingerprint density at radius 2 is 1.90 bits per heavy atom. The van der Waals surface area contributed by atoms with Crippen molar-refractivity contribution in [3.8, 4) is 17.2 Å². The zero-order valence-corrected chi connectivity index (χ0v) is 12.9. The summed E-state index contributed by atoms with van der Waals surface area (Å²) < 4.78 is 12.0. The molecule has 0 atom stereocenters. The normalized spacial score (nSPS) is 10.6. The van der Waals surface area contributed by atoms with Gasteiger partial charge >= 0.3 is 0 Å². The second-order valence-corrected chi connectivity index (χ2v) is 5.40. The van der Waals surface area contributed by atoms with Crippen LogP contribution in [-0.2, 0) is 0 Å². The summed E-state index contributed by atoms with van der Waals surface area (Å²) in [6.45, 7) is 0. The summed E-state index contributed by atoms with van der Waals surface area (Å²) >= 11 is 3.40. The number of nitrogens with two attached hydrogens (primary N) is 1. The number of rotatable bonds is 3. The minimum Gasteiger partial charge on any atom is -0.497 e. The Hall–Kier alpha value is -2.27. The Morgan fingerprint density at radius 3 is 2.71 bits per heavy atom. The molecule has 21 heavy (non-hydrogen) atoms. The van der Waals surface area contributed by atoms with Gasteiger partial charge in [0.15, 0.2) is 5.75 Å². The van der Waals surface area contributed by atoms with E-state index in [0.29, 0.717) is 17.2 Å². The van der Waals surface area contributed by atoms with Crippen LogP contribution in [-0.4, -0.2) is 12.1 Å². The maximum Gasteiger partial charge on any atom is 0.153 e. The molecule has 3 aromatic rings. The SMILES string of the molecule is COc1cccc(Oc2ccc(N)c3cc(Br)cnc23)c1. The largest absolute Gasteiger partial charge is 0.497 e. The molecule has 0 aliphatic rings. The summed E-state index contributed by atoms with van der Waals surface area (Å²) in [6.07, 6.45) is 1.72. The van der Waals surface area contributed by atoms with Crippen molar-refractivity contribution in [2.75, 3.05) is 12.8 Å². The predicted molar refractivity (Wildman–Crippen MR) is 86.9 cm³/mol. The molecule has 5 heteroatoms. The molecule has 0 bridgehead atoms. The summed E-state index contributed by atoms with van der Waals surface area (Å²) in [5, 5.41) is 0.852. The smallest absolute Gasteiger partial charge is 0.153 e. The van der Waals surface area contributed by atoms with E-state index in [1.807, 2.05) is 42.5 Å². The molecule has 1 aromatic heterocycles. The molecule has 106 valence electrons. The molecule has 0 saturated carbocycles. The molecule has 0 aliphatic carbocycles. The lowest BCUT2D eigenvalue weighted by Gasteiger charge is -2.11. The van der Waals surface area contributed by atoms with Gasteiger partial charge in [0.05, 0.1) is 7.11 Å². The zero-order chi connectivity index (χ0) is 14.8. The maximum atomic E-state index is 6.00. The number of ether oxygens (including phenoxy) is 2. The maximum absolute atomic E-state index is 6.00. The molecule has 0 unspecified atom stereocenters. The fourth-order valence-electron chi connectivity index (χ4n) is 2.06. The Morgan fingerprint density at radius 1 is 1.10 bits per heavy atom. The standard InChI is InChI=1S/C16H13BrN2O2/c1-20-11-3-2-4-12(8-11)21-15-6-5-14(18)13-7-10(17)9-19-16(13)15/h2-9H,18H2,1H3. The quantitative estimate of drug-likeness (QED) is 0.716. The highest BCUT2D eigenvalue weighted by atomic mass is 79.9. The third kappa shape index (κ3) is 2.78. The molecule has 0 amide bonds. The Labute approximate surface area is 130 Å². The van der Waals surface area contributed by atoms with E-state index in [1.165, 1.54) is 0 Å². The van der Waals surface area contributed by atoms with Crippen LogP contribution in [0.4, 0.5) is 5.69 Å². The molecular weight excluding hydrogens is 332 g/mol. The van der Waals surface area contributed by atoms with Gasteiger partial charge in [-0.05, 0) is 46.3 Å². The van der Waals surface area contributed by atoms with Gasteiger partial charge in [0.1, 0.15) is 17.0 Å². The molecule has 0 saturated heterocycles. The number of methoxy groups -OCH3 is 1. The van der Waals surface area contributed by atoms with Crippen molar-refractivity contribution >= 4 is 32.5 Å². The Balaban J connectivity index is 2.06. The number of halogens is 1. The van der Waals surface area contributed by atoms with Crippen LogP contribution in [0, 0.1) is 0 Å². The van der Waals surface area contributed by atoms with Gasteiger partial charge in [0.2, 0.25) is 0 Å². The van der Waals surface area contributed by atoms with E-state index in [-0.39, 0.29) is 0 Å². The molecule has 3 rings (SSSR count). The molecule has 0 fully saturated rings. The van der Waals surface area contributed by atoms with Crippen molar-refractivity contribution in [2.45, 2.75) is 0 Å². The molecule has 1 heterocycles. The van der Waals surface area contributed by atoms with Crippen molar-refractivity contribution in [3.63, 3.8) is 0 Å². The fourth-order valence-corrected chi connectivity index (χ4v) is 2.40. The van der Waals surface area contributed by atoms with Crippen LogP contribution in [0.15, 0.2) is 53.1 Å². The number of benzene rings is 2. The van der Waals surface area contributed by atoms with Crippen LogP contribution in [0.5, 0.6) is 17.2 Å². The molecule has 0 spiro atoms. The van der Waals surface area contributed by atoms with Crippen molar-refractivity contribution in [1.82, 2.24) is 4.98 Å². The monoisotopic (exact) mass is 344 g/mol. The van der Waals surface area contributed by atoms with E-state index >= 15 is 0 Å². The molecule has 2 N–H and O–H groups in total. The topological polar surface area (TPSA) is 57.4 Å². The number of nitrogens with zero attached hydrogens (tertiary/aromatic N) is 1. The fraction of sp³-hybridized carbons (Fsp3) is 0.0625. The Bertz CT molecular complexity index is 805.